The molecule has 1 unspecified atom stereocenters. The Kier molecular flexibility index (Phi) is 6.12. The van der Waals surface area contributed by atoms with E-state index in [1.54, 1.807) is 58.0 Å². The lowest BCUT2D eigenvalue weighted by atomic mass is 9.88. The largest absolute Gasteiger partial charge is 0.459 e. The van der Waals surface area contributed by atoms with Gasteiger partial charge in [0.2, 0.25) is 5.92 Å². The average Bonchev–Trinajstić information content (AvgIpc) is 2.60. The van der Waals surface area contributed by atoms with E-state index < -0.39 is 35.0 Å². The maximum absolute atomic E-state index is 14.6. The van der Waals surface area contributed by atoms with E-state index in [4.69, 9.17) is 4.74 Å². The maximum Gasteiger partial charge on any atom is 0.331 e. The summed E-state index contributed by atoms with van der Waals surface area (Å²) in [5, 5.41) is 9.26. The van der Waals surface area contributed by atoms with Crippen LogP contribution in [0.5, 0.6) is 0 Å². The zero-order chi connectivity index (χ0) is 20.2. The van der Waals surface area contributed by atoms with Crippen molar-refractivity contribution >= 4 is 11.8 Å². The van der Waals surface area contributed by atoms with Gasteiger partial charge in [0.05, 0.1) is 6.07 Å². The van der Waals surface area contributed by atoms with Crippen LogP contribution < -0.4 is 0 Å². The highest BCUT2D eigenvalue weighted by Gasteiger charge is 2.34. The van der Waals surface area contributed by atoms with Crippen molar-refractivity contribution < 1.29 is 18.7 Å². The molecule has 140 valence electrons. The summed E-state index contributed by atoms with van der Waals surface area (Å²) in [6.45, 7) is 6.52. The molecule has 2 aromatic rings. The first-order chi connectivity index (χ1) is 12.6. The van der Waals surface area contributed by atoms with Crippen LogP contribution in [0.15, 0.2) is 48.5 Å². The van der Waals surface area contributed by atoms with Gasteiger partial charge < -0.3 is 4.74 Å². The third kappa shape index (κ3) is 5.01. The standard InChI is InChI=1S/C22H22FNO3/c1-14(20(25)18(13-24)21(26)27-22(2,3)4)16-10-11-17(19(23)12-16)15-8-6-5-7-9-15/h5-12,14,18H,1-4H3/t14-,18?/m0/s1. The first kappa shape index (κ1) is 20.3. The molecule has 0 aliphatic carbocycles. The summed E-state index contributed by atoms with van der Waals surface area (Å²) in [5.74, 6) is -4.33. The summed E-state index contributed by atoms with van der Waals surface area (Å²) in [6, 6.07) is 15.3. The minimum atomic E-state index is -1.55. The average molecular weight is 367 g/mol. The lowest BCUT2D eigenvalue weighted by Crippen LogP contribution is -2.33. The molecule has 0 heterocycles. The molecule has 5 heteroatoms. The lowest BCUT2D eigenvalue weighted by Gasteiger charge is -2.22. The zero-order valence-corrected chi connectivity index (χ0v) is 15.8. The van der Waals surface area contributed by atoms with E-state index in [-0.39, 0.29) is 0 Å². The van der Waals surface area contributed by atoms with E-state index in [0.717, 1.165) is 5.56 Å². The van der Waals surface area contributed by atoms with Gasteiger partial charge in [-0.25, -0.2) is 4.39 Å². The molecule has 2 rings (SSSR count). The van der Waals surface area contributed by atoms with Crippen LogP contribution in [0, 0.1) is 23.1 Å². The van der Waals surface area contributed by atoms with Gasteiger partial charge in [0, 0.05) is 11.5 Å². The predicted octanol–water partition coefficient (Wildman–Crippen LogP) is 4.65. The second-order valence-electron chi connectivity index (χ2n) is 7.32. The van der Waals surface area contributed by atoms with Crippen LogP contribution in [-0.2, 0) is 14.3 Å². The van der Waals surface area contributed by atoms with E-state index in [9.17, 15) is 19.2 Å². The fourth-order valence-electron chi connectivity index (χ4n) is 2.66. The Hall–Kier alpha value is -3.00. The molecule has 0 saturated heterocycles. The highest BCUT2D eigenvalue weighted by molar-refractivity contribution is 6.04. The second-order valence-corrected chi connectivity index (χ2v) is 7.32. The molecule has 0 amide bonds. The fourth-order valence-corrected chi connectivity index (χ4v) is 2.66. The molecule has 2 aromatic carbocycles. The monoisotopic (exact) mass is 367 g/mol. The number of rotatable bonds is 5. The number of nitriles is 1. The van der Waals surface area contributed by atoms with Gasteiger partial charge in [-0.2, -0.15) is 5.26 Å². The van der Waals surface area contributed by atoms with Crippen molar-refractivity contribution in [1.29, 1.82) is 5.26 Å². The number of esters is 1. The van der Waals surface area contributed by atoms with Crippen molar-refractivity contribution in [2.75, 3.05) is 0 Å². The first-order valence-corrected chi connectivity index (χ1v) is 8.65. The van der Waals surface area contributed by atoms with Gasteiger partial charge in [-0.1, -0.05) is 49.4 Å². The van der Waals surface area contributed by atoms with Crippen LogP contribution in [-0.4, -0.2) is 17.4 Å². The molecular formula is C22H22FNO3. The third-order valence-electron chi connectivity index (χ3n) is 4.06. The summed E-state index contributed by atoms with van der Waals surface area (Å²) >= 11 is 0. The van der Waals surface area contributed by atoms with Crippen molar-refractivity contribution in [1.82, 2.24) is 0 Å². The Morgan fingerprint density at radius 2 is 1.74 bits per heavy atom. The van der Waals surface area contributed by atoms with E-state index in [1.165, 1.54) is 6.07 Å². The number of Topliss-reactive ketones (excluding diaryl/α,β-unsaturated/α-hetero) is 1. The Morgan fingerprint density at radius 3 is 2.26 bits per heavy atom. The summed E-state index contributed by atoms with van der Waals surface area (Å²) < 4.78 is 19.7. The molecule has 27 heavy (non-hydrogen) atoms. The van der Waals surface area contributed by atoms with E-state index in [1.807, 2.05) is 18.2 Å². The highest BCUT2D eigenvalue weighted by atomic mass is 19.1. The van der Waals surface area contributed by atoms with Crippen LogP contribution in [0.4, 0.5) is 4.39 Å². The molecule has 0 bridgehead atoms. The van der Waals surface area contributed by atoms with Gasteiger partial charge in [0.15, 0.2) is 5.78 Å². The lowest BCUT2D eigenvalue weighted by molar-refractivity contribution is -0.159. The van der Waals surface area contributed by atoms with Crippen molar-refractivity contribution in [2.45, 2.75) is 39.2 Å². The zero-order valence-electron chi connectivity index (χ0n) is 15.8. The van der Waals surface area contributed by atoms with Crippen LogP contribution in [0.3, 0.4) is 0 Å². The number of ketones is 1. The molecule has 0 fully saturated rings. The Balaban J connectivity index is 2.25. The molecule has 0 radical (unpaired) electrons. The van der Waals surface area contributed by atoms with Crippen molar-refractivity contribution in [3.05, 3.63) is 59.9 Å². The number of nitrogens with zero attached hydrogens (tertiary/aromatic N) is 1. The smallest absolute Gasteiger partial charge is 0.331 e. The minimum Gasteiger partial charge on any atom is -0.459 e. The maximum atomic E-state index is 14.6. The molecule has 0 aliphatic rings. The number of ether oxygens (including phenoxy) is 1. The fraction of sp³-hybridized carbons (Fsp3) is 0.318. The van der Waals surface area contributed by atoms with Crippen molar-refractivity contribution in [3.63, 3.8) is 0 Å². The van der Waals surface area contributed by atoms with Crippen LogP contribution in [0.25, 0.3) is 11.1 Å². The Labute approximate surface area is 158 Å². The highest BCUT2D eigenvalue weighted by Crippen LogP contribution is 2.28. The predicted molar refractivity (Wildman–Crippen MR) is 100 cm³/mol. The number of carbonyl (C=O) groups excluding carboxylic acids is 2. The molecule has 0 N–H and O–H groups in total. The van der Waals surface area contributed by atoms with Crippen molar-refractivity contribution in [2.24, 2.45) is 5.92 Å². The number of benzene rings is 2. The van der Waals surface area contributed by atoms with Crippen LogP contribution >= 0.6 is 0 Å². The van der Waals surface area contributed by atoms with Gasteiger partial charge >= 0.3 is 5.97 Å². The van der Waals surface area contributed by atoms with E-state index in [2.05, 4.69) is 0 Å². The minimum absolute atomic E-state index is 0.404. The topological polar surface area (TPSA) is 67.2 Å². The molecule has 4 nitrogen and oxygen atoms in total. The number of carbonyl (C=O) groups is 2. The van der Waals surface area contributed by atoms with Gasteiger partial charge in [-0.15, -0.1) is 0 Å². The molecular weight excluding hydrogens is 345 g/mol. The number of hydrogen-bond donors (Lipinski definition) is 0. The summed E-state index contributed by atoms with van der Waals surface area (Å²) in [6.07, 6.45) is 0. The Morgan fingerprint density at radius 1 is 1.11 bits per heavy atom. The van der Waals surface area contributed by atoms with Crippen molar-refractivity contribution in [3.8, 4) is 17.2 Å². The van der Waals surface area contributed by atoms with Gasteiger partial charge in [-0.3, -0.25) is 9.59 Å². The van der Waals surface area contributed by atoms with E-state index in [0.29, 0.717) is 11.1 Å². The molecule has 0 saturated carbocycles. The Bertz CT molecular complexity index is 879. The third-order valence-corrected chi connectivity index (χ3v) is 4.06. The normalized spacial score (nSPS) is 13.3. The SMILES string of the molecule is C[C@H](C(=O)C(C#N)C(=O)OC(C)(C)C)c1ccc(-c2ccccc2)c(F)c1. The number of hydrogen-bond acceptors (Lipinski definition) is 4. The second kappa shape index (κ2) is 8.13. The number of halogens is 1. The van der Waals surface area contributed by atoms with E-state index >= 15 is 0 Å². The quantitative estimate of drug-likeness (QED) is 0.570. The van der Waals surface area contributed by atoms with Gasteiger partial charge in [-0.05, 0) is 38.0 Å². The molecule has 0 aliphatic heterocycles. The van der Waals surface area contributed by atoms with Gasteiger partial charge in [0.25, 0.3) is 0 Å². The summed E-state index contributed by atoms with van der Waals surface area (Å²) in [4.78, 5) is 24.8. The van der Waals surface area contributed by atoms with Gasteiger partial charge in [0.1, 0.15) is 11.4 Å². The summed E-state index contributed by atoms with van der Waals surface area (Å²) in [5.41, 5.74) is 0.743. The molecule has 0 aromatic heterocycles. The molecule has 2 atom stereocenters. The summed E-state index contributed by atoms with van der Waals surface area (Å²) in [7, 11) is 0. The van der Waals surface area contributed by atoms with Crippen LogP contribution in [0.1, 0.15) is 39.2 Å². The molecule has 0 spiro atoms. The first-order valence-electron chi connectivity index (χ1n) is 8.65. The van der Waals surface area contributed by atoms with Crippen LogP contribution in [0.2, 0.25) is 0 Å².